The number of hydrogen-bond acceptors (Lipinski definition) is 7. The monoisotopic (exact) mass is 442 g/mol. The highest BCUT2D eigenvalue weighted by Gasteiger charge is 2.36. The molecule has 2 fully saturated rings. The zero-order chi connectivity index (χ0) is 21.9. The van der Waals surface area contributed by atoms with Gasteiger partial charge >= 0.3 is 6.09 Å². The van der Waals surface area contributed by atoms with Crippen molar-refractivity contribution in [1.82, 2.24) is 4.72 Å². The fourth-order valence-corrected chi connectivity index (χ4v) is 4.06. The molecule has 0 bridgehead atoms. The van der Waals surface area contributed by atoms with Crippen LogP contribution >= 0.6 is 0 Å². The van der Waals surface area contributed by atoms with E-state index in [1.54, 1.807) is 11.0 Å². The number of amides is 1. The fourth-order valence-electron chi connectivity index (χ4n) is 3.56. The predicted octanol–water partition coefficient (Wildman–Crippen LogP) is 1.34. The molecule has 2 aliphatic rings. The molecule has 1 aromatic rings. The van der Waals surface area contributed by atoms with Crippen LogP contribution in [0.15, 0.2) is 23.3 Å². The fraction of sp³-hybridized carbons (Fsp3) is 0.588. The van der Waals surface area contributed by atoms with E-state index in [1.165, 1.54) is 17.0 Å². The van der Waals surface area contributed by atoms with Gasteiger partial charge in [-0.1, -0.05) is 5.11 Å². The van der Waals surface area contributed by atoms with Crippen molar-refractivity contribution in [3.8, 4) is 0 Å². The number of cyclic esters (lactones) is 1. The third-order valence-corrected chi connectivity index (χ3v) is 5.91. The number of carbonyl (C=O) groups is 1. The van der Waals surface area contributed by atoms with Gasteiger partial charge in [0.2, 0.25) is 10.0 Å². The van der Waals surface area contributed by atoms with Crippen LogP contribution in [-0.4, -0.2) is 70.3 Å². The van der Waals surface area contributed by atoms with Gasteiger partial charge in [0.1, 0.15) is 12.4 Å². The van der Waals surface area contributed by atoms with Gasteiger partial charge < -0.3 is 14.7 Å². The van der Waals surface area contributed by atoms with Crippen LogP contribution < -0.4 is 14.5 Å². The van der Waals surface area contributed by atoms with Crippen molar-refractivity contribution in [3.05, 3.63) is 34.5 Å². The second-order valence-electron chi connectivity index (χ2n) is 7.46. The average Bonchev–Trinajstić information content (AvgIpc) is 3.06. The van der Waals surface area contributed by atoms with Crippen molar-refractivity contribution in [1.29, 1.82) is 0 Å². The summed E-state index contributed by atoms with van der Waals surface area (Å²) in [5, 5.41) is 13.8. The lowest BCUT2D eigenvalue weighted by Gasteiger charge is -2.38. The largest absolute Gasteiger partial charge is 0.447 e. The smallest absolute Gasteiger partial charge is 0.414 e. The minimum absolute atomic E-state index is 0.0133. The lowest BCUT2D eigenvalue weighted by molar-refractivity contribution is 0.0250. The molecule has 164 valence electrons. The zero-order valence-corrected chi connectivity index (χ0v) is 17.2. The van der Waals surface area contributed by atoms with Gasteiger partial charge in [-0.15, -0.1) is 0 Å². The summed E-state index contributed by atoms with van der Waals surface area (Å²) in [6.07, 6.45) is 0.981. The van der Waals surface area contributed by atoms with Gasteiger partial charge in [-0.2, -0.15) is 0 Å². The van der Waals surface area contributed by atoms with Crippen LogP contribution in [0.2, 0.25) is 0 Å². The zero-order valence-electron chi connectivity index (χ0n) is 16.4. The molecule has 13 heteroatoms. The van der Waals surface area contributed by atoms with Crippen LogP contribution in [0.3, 0.4) is 0 Å². The molecule has 1 amide bonds. The Kier molecular flexibility index (Phi) is 6.36. The number of piperidine rings is 1. The van der Waals surface area contributed by atoms with Crippen molar-refractivity contribution in [2.24, 2.45) is 5.11 Å². The van der Waals surface area contributed by atoms with Crippen molar-refractivity contribution < 1.29 is 27.4 Å². The quantitative estimate of drug-likeness (QED) is 0.370. The normalized spacial score (nSPS) is 21.3. The molecular formula is C17H23FN6O5S. The minimum Gasteiger partial charge on any atom is -0.447 e. The van der Waals surface area contributed by atoms with Crippen molar-refractivity contribution in [2.45, 2.75) is 24.5 Å². The van der Waals surface area contributed by atoms with Crippen molar-refractivity contribution in [2.75, 3.05) is 48.8 Å². The van der Waals surface area contributed by atoms with E-state index in [-0.39, 0.29) is 25.4 Å². The molecule has 30 heavy (non-hydrogen) atoms. The molecule has 0 aromatic heterocycles. The first-order chi connectivity index (χ1) is 14.1. The van der Waals surface area contributed by atoms with E-state index in [2.05, 4.69) is 14.7 Å². The van der Waals surface area contributed by atoms with Crippen LogP contribution in [0.4, 0.5) is 20.6 Å². The molecule has 2 saturated heterocycles. The van der Waals surface area contributed by atoms with Gasteiger partial charge in [-0.3, -0.25) is 4.90 Å². The molecule has 0 aliphatic carbocycles. The lowest BCUT2D eigenvalue weighted by atomic mass is 9.91. The number of benzene rings is 1. The van der Waals surface area contributed by atoms with E-state index in [1.807, 2.05) is 0 Å². The number of ether oxygens (including phenoxy) is 1. The summed E-state index contributed by atoms with van der Waals surface area (Å²) in [4.78, 5) is 17.8. The van der Waals surface area contributed by atoms with E-state index in [4.69, 9.17) is 10.3 Å². The second-order valence-corrected chi connectivity index (χ2v) is 9.29. The minimum atomic E-state index is -3.45. The van der Waals surface area contributed by atoms with Crippen LogP contribution in [0.1, 0.15) is 12.8 Å². The van der Waals surface area contributed by atoms with E-state index in [0.717, 1.165) is 6.26 Å². The summed E-state index contributed by atoms with van der Waals surface area (Å²) in [6.45, 7) is 0.657. The number of sulfonamides is 1. The Bertz CT molecular complexity index is 959. The second kappa shape index (κ2) is 8.64. The first kappa shape index (κ1) is 22.1. The maximum Gasteiger partial charge on any atom is 0.414 e. The molecule has 0 unspecified atom stereocenters. The SMILES string of the molecule is CS(=O)(=O)NC[C@H]1COC(=O)N1c1ccc(N2CCC(O)(CN=[N+]=[N-])CC2)c(F)c1. The first-order valence-corrected chi connectivity index (χ1v) is 11.2. The summed E-state index contributed by atoms with van der Waals surface area (Å²) in [5.74, 6) is -0.553. The molecule has 11 nitrogen and oxygen atoms in total. The van der Waals surface area contributed by atoms with E-state index in [9.17, 15) is 22.7 Å². The van der Waals surface area contributed by atoms with Gasteiger partial charge in [0.05, 0.1) is 35.8 Å². The average molecular weight is 442 g/mol. The molecule has 2 N–H and O–H groups in total. The van der Waals surface area contributed by atoms with E-state index in [0.29, 0.717) is 31.6 Å². The molecule has 2 aliphatic heterocycles. The highest BCUT2D eigenvalue weighted by molar-refractivity contribution is 7.88. The number of carbonyl (C=O) groups excluding carboxylic acids is 1. The Morgan fingerprint density at radius 1 is 1.43 bits per heavy atom. The topological polar surface area (TPSA) is 148 Å². The van der Waals surface area contributed by atoms with Crippen LogP contribution in [0.25, 0.3) is 10.4 Å². The lowest BCUT2D eigenvalue weighted by Crippen LogP contribution is -2.46. The van der Waals surface area contributed by atoms with Crippen LogP contribution in [-0.2, 0) is 14.8 Å². The van der Waals surface area contributed by atoms with Crippen LogP contribution in [0.5, 0.6) is 0 Å². The number of aliphatic hydroxyl groups is 1. The Hall–Kier alpha value is -2.60. The maximum atomic E-state index is 14.9. The Morgan fingerprint density at radius 3 is 2.73 bits per heavy atom. The number of nitrogens with zero attached hydrogens (tertiary/aromatic N) is 5. The number of halogens is 1. The molecule has 0 spiro atoms. The summed E-state index contributed by atoms with van der Waals surface area (Å²) in [7, 11) is -3.45. The molecule has 3 rings (SSSR count). The van der Waals surface area contributed by atoms with Gasteiger partial charge in [0.15, 0.2) is 0 Å². The summed E-state index contributed by atoms with van der Waals surface area (Å²) in [5.41, 5.74) is 7.90. The summed E-state index contributed by atoms with van der Waals surface area (Å²) >= 11 is 0. The highest BCUT2D eigenvalue weighted by Crippen LogP contribution is 2.32. The summed E-state index contributed by atoms with van der Waals surface area (Å²) < 4.78 is 44.8. The third kappa shape index (κ3) is 5.11. The van der Waals surface area contributed by atoms with Gasteiger partial charge in [-0.25, -0.2) is 22.3 Å². The number of hydrogen-bond donors (Lipinski definition) is 2. The van der Waals surface area contributed by atoms with Crippen LogP contribution in [0, 0.1) is 5.82 Å². The Morgan fingerprint density at radius 2 is 2.13 bits per heavy atom. The van der Waals surface area contributed by atoms with Gasteiger partial charge in [0.25, 0.3) is 0 Å². The maximum absolute atomic E-state index is 14.9. The van der Waals surface area contributed by atoms with Gasteiger partial charge in [0, 0.05) is 24.5 Å². The van der Waals surface area contributed by atoms with Gasteiger partial charge in [-0.05, 0) is 36.6 Å². The number of azide groups is 1. The number of rotatable bonds is 7. The van der Waals surface area contributed by atoms with E-state index >= 15 is 0 Å². The Balaban J connectivity index is 1.72. The molecule has 1 atom stereocenters. The summed E-state index contributed by atoms with van der Waals surface area (Å²) in [6, 6.07) is 3.72. The third-order valence-electron chi connectivity index (χ3n) is 5.21. The molecule has 0 radical (unpaired) electrons. The standard InChI is InChI=1S/C17H23FN6O5S/c1-30(27,28)21-9-13-10-29-16(25)24(13)12-2-3-15(14(18)8-12)23-6-4-17(26,5-7-23)11-20-22-19/h2-3,8,13,21,26H,4-7,9-11H2,1H3/t13-/m0/s1. The molecule has 0 saturated carbocycles. The van der Waals surface area contributed by atoms with E-state index < -0.39 is 33.6 Å². The number of nitrogens with one attached hydrogen (secondary N) is 1. The molecule has 1 aromatic carbocycles. The predicted molar refractivity (Wildman–Crippen MR) is 107 cm³/mol. The Labute approximate surface area is 173 Å². The molecular weight excluding hydrogens is 419 g/mol. The highest BCUT2D eigenvalue weighted by atomic mass is 32.2. The van der Waals surface area contributed by atoms with Crippen molar-refractivity contribution >= 4 is 27.5 Å². The first-order valence-electron chi connectivity index (χ1n) is 9.30. The molecule has 2 heterocycles. The van der Waals surface area contributed by atoms with Crippen molar-refractivity contribution in [3.63, 3.8) is 0 Å². The number of anilines is 2.